The quantitative estimate of drug-likeness (QED) is 0.757. The number of phenolic OH excluding ortho intramolecular Hbond substituents is 1. The lowest BCUT2D eigenvalue weighted by Gasteiger charge is -2.35. The molecule has 0 unspecified atom stereocenters. The normalized spacial score (nSPS) is 16.9. The summed E-state index contributed by atoms with van der Waals surface area (Å²) in [5.41, 5.74) is 3.23. The Balaban J connectivity index is 1.34. The Hall–Kier alpha value is -2.93. The Bertz CT molecular complexity index is 909. The summed E-state index contributed by atoms with van der Waals surface area (Å²) in [6, 6.07) is 11.5. The van der Waals surface area contributed by atoms with Gasteiger partial charge in [0.1, 0.15) is 5.75 Å². The number of hydrogen-bond acceptors (Lipinski definition) is 5. The number of nitrogens with one attached hydrogen (secondary N) is 1. The van der Waals surface area contributed by atoms with E-state index in [1.807, 2.05) is 35.2 Å². The van der Waals surface area contributed by atoms with Gasteiger partial charge in [-0.25, -0.2) is 0 Å². The second kappa shape index (κ2) is 8.83. The highest BCUT2D eigenvalue weighted by Gasteiger charge is 2.28. The van der Waals surface area contributed by atoms with E-state index in [1.165, 1.54) is 10.5 Å². The van der Waals surface area contributed by atoms with Crippen LogP contribution in [0.2, 0.25) is 0 Å². The molecule has 7 nitrogen and oxygen atoms in total. The maximum atomic E-state index is 13.0. The standard InChI is InChI=1S/C23H29N3O4/c1-29-21-13-17-7-8-26(15-18(17)14-22(21)30-2)23(28)16-24-9-11-25(12-10-24)19-5-3-4-6-20(19)27/h3-6,13-14,27H,7-12,15-16H2,1-2H3/p+1. The highest BCUT2D eigenvalue weighted by Crippen LogP contribution is 2.33. The predicted molar refractivity (Wildman–Crippen MR) is 115 cm³/mol. The van der Waals surface area contributed by atoms with E-state index in [-0.39, 0.29) is 5.91 Å². The molecule has 1 amide bonds. The maximum absolute atomic E-state index is 13.0. The number of nitrogens with zero attached hydrogens (tertiary/aromatic N) is 2. The van der Waals surface area contributed by atoms with E-state index in [9.17, 15) is 9.90 Å². The first kappa shape index (κ1) is 20.3. The largest absolute Gasteiger partial charge is 0.506 e. The molecule has 2 aliphatic heterocycles. The number of carbonyl (C=O) groups excluding carboxylic acids is 1. The van der Waals surface area contributed by atoms with Crippen LogP contribution < -0.4 is 19.3 Å². The Morgan fingerprint density at radius 3 is 2.37 bits per heavy atom. The van der Waals surface area contributed by atoms with E-state index in [0.29, 0.717) is 24.6 Å². The first-order valence-corrected chi connectivity index (χ1v) is 10.5. The highest BCUT2D eigenvalue weighted by atomic mass is 16.5. The molecule has 2 aromatic carbocycles. The predicted octanol–water partition coefficient (Wildman–Crippen LogP) is 0.699. The average molecular weight is 413 g/mol. The molecule has 0 atom stereocenters. The summed E-state index contributed by atoms with van der Waals surface area (Å²) in [6.45, 7) is 5.30. The van der Waals surface area contributed by atoms with Crippen LogP contribution in [0.25, 0.3) is 0 Å². The van der Waals surface area contributed by atoms with Gasteiger partial charge in [-0.05, 0) is 41.8 Å². The molecule has 0 radical (unpaired) electrons. The van der Waals surface area contributed by atoms with Gasteiger partial charge >= 0.3 is 0 Å². The Kier molecular flexibility index (Phi) is 5.99. The molecule has 1 fully saturated rings. The lowest BCUT2D eigenvalue weighted by Crippen LogP contribution is -3.15. The van der Waals surface area contributed by atoms with Crippen LogP contribution in [0.15, 0.2) is 36.4 Å². The number of anilines is 1. The minimum Gasteiger partial charge on any atom is -0.506 e. The van der Waals surface area contributed by atoms with E-state index >= 15 is 0 Å². The molecule has 160 valence electrons. The summed E-state index contributed by atoms with van der Waals surface area (Å²) in [5.74, 6) is 1.96. The zero-order valence-corrected chi connectivity index (χ0v) is 17.7. The third-order valence-corrected chi connectivity index (χ3v) is 6.16. The third-order valence-electron chi connectivity index (χ3n) is 6.16. The molecule has 2 aromatic rings. The van der Waals surface area contributed by atoms with Gasteiger partial charge in [-0.1, -0.05) is 12.1 Å². The monoisotopic (exact) mass is 412 g/mol. The van der Waals surface area contributed by atoms with Crippen LogP contribution in [-0.4, -0.2) is 69.4 Å². The number of phenols is 1. The van der Waals surface area contributed by atoms with E-state index in [4.69, 9.17) is 9.47 Å². The Morgan fingerprint density at radius 2 is 1.70 bits per heavy atom. The molecule has 7 heteroatoms. The van der Waals surface area contributed by atoms with Gasteiger partial charge in [0.2, 0.25) is 0 Å². The number of quaternary nitrogens is 1. The molecule has 2 N–H and O–H groups in total. The van der Waals surface area contributed by atoms with Gasteiger partial charge in [-0.3, -0.25) is 4.79 Å². The molecule has 0 aliphatic carbocycles. The van der Waals surface area contributed by atoms with E-state index in [1.54, 1.807) is 20.3 Å². The number of para-hydroxylation sites is 2. The Morgan fingerprint density at radius 1 is 1.03 bits per heavy atom. The molecule has 4 rings (SSSR count). The number of rotatable bonds is 5. The molecule has 1 saturated heterocycles. The summed E-state index contributed by atoms with van der Waals surface area (Å²) in [7, 11) is 3.28. The van der Waals surface area contributed by atoms with Crippen LogP contribution in [-0.2, 0) is 17.8 Å². The summed E-state index contributed by atoms with van der Waals surface area (Å²) in [6.07, 6.45) is 0.831. The number of piperazine rings is 1. The number of ether oxygens (including phenoxy) is 2. The van der Waals surface area contributed by atoms with Crippen LogP contribution >= 0.6 is 0 Å². The SMILES string of the molecule is COc1cc2c(cc1OC)CN(C(=O)C[NH+]1CCN(c3ccccc3O)CC1)CC2. The maximum Gasteiger partial charge on any atom is 0.278 e. The lowest BCUT2D eigenvalue weighted by atomic mass is 9.98. The molecule has 0 spiro atoms. The number of methoxy groups -OCH3 is 2. The zero-order valence-electron chi connectivity index (χ0n) is 17.7. The molecule has 0 saturated carbocycles. The minimum atomic E-state index is 0.196. The average Bonchev–Trinajstić information content (AvgIpc) is 2.78. The van der Waals surface area contributed by atoms with Crippen LogP contribution in [0.1, 0.15) is 11.1 Å². The van der Waals surface area contributed by atoms with Crippen molar-refractivity contribution in [1.82, 2.24) is 4.90 Å². The van der Waals surface area contributed by atoms with Crippen LogP contribution in [0.4, 0.5) is 5.69 Å². The second-order valence-corrected chi connectivity index (χ2v) is 7.94. The summed E-state index contributed by atoms with van der Waals surface area (Å²) < 4.78 is 10.8. The fourth-order valence-electron chi connectivity index (χ4n) is 4.39. The molecular formula is C23H30N3O4+. The molecule has 0 bridgehead atoms. The van der Waals surface area contributed by atoms with Gasteiger partial charge in [0.25, 0.3) is 5.91 Å². The van der Waals surface area contributed by atoms with Crippen molar-refractivity contribution < 1.29 is 24.3 Å². The van der Waals surface area contributed by atoms with Crippen LogP contribution in [0, 0.1) is 0 Å². The first-order valence-electron chi connectivity index (χ1n) is 10.5. The molecule has 2 aliphatic rings. The number of amides is 1. The van der Waals surface area contributed by atoms with Crippen LogP contribution in [0.3, 0.4) is 0 Å². The van der Waals surface area contributed by atoms with Gasteiger partial charge in [0.15, 0.2) is 18.0 Å². The summed E-state index contributed by atoms with van der Waals surface area (Å²) in [4.78, 5) is 18.4. The van der Waals surface area contributed by atoms with E-state index < -0.39 is 0 Å². The van der Waals surface area contributed by atoms with Gasteiger partial charge in [0, 0.05) is 13.1 Å². The molecular weight excluding hydrogens is 382 g/mol. The number of hydrogen-bond donors (Lipinski definition) is 2. The van der Waals surface area contributed by atoms with Crippen LogP contribution in [0.5, 0.6) is 17.2 Å². The number of aromatic hydroxyl groups is 1. The van der Waals surface area contributed by atoms with Gasteiger partial charge in [0.05, 0.1) is 46.1 Å². The lowest BCUT2D eigenvalue weighted by molar-refractivity contribution is -0.892. The first-order chi connectivity index (χ1) is 14.6. The minimum absolute atomic E-state index is 0.196. The van der Waals surface area contributed by atoms with Crippen molar-refractivity contribution in [3.05, 3.63) is 47.5 Å². The zero-order chi connectivity index (χ0) is 21.1. The van der Waals surface area contributed by atoms with Gasteiger partial charge in [-0.15, -0.1) is 0 Å². The van der Waals surface area contributed by atoms with Crippen molar-refractivity contribution in [2.75, 3.05) is 58.4 Å². The van der Waals surface area contributed by atoms with Crippen molar-refractivity contribution in [3.63, 3.8) is 0 Å². The molecule has 2 heterocycles. The fraction of sp³-hybridized carbons (Fsp3) is 0.435. The van der Waals surface area contributed by atoms with Crippen molar-refractivity contribution >= 4 is 11.6 Å². The Labute approximate surface area is 177 Å². The highest BCUT2D eigenvalue weighted by molar-refractivity contribution is 5.77. The van der Waals surface area contributed by atoms with Gasteiger partial charge in [-0.2, -0.15) is 0 Å². The third kappa shape index (κ3) is 4.16. The number of carbonyl (C=O) groups is 1. The van der Waals surface area contributed by atoms with Crippen molar-refractivity contribution in [2.45, 2.75) is 13.0 Å². The topological polar surface area (TPSA) is 66.7 Å². The van der Waals surface area contributed by atoms with Crippen molar-refractivity contribution in [1.29, 1.82) is 0 Å². The smallest absolute Gasteiger partial charge is 0.278 e. The summed E-state index contributed by atoms with van der Waals surface area (Å²) in [5, 5.41) is 10.1. The summed E-state index contributed by atoms with van der Waals surface area (Å²) >= 11 is 0. The molecule has 0 aromatic heterocycles. The van der Waals surface area contributed by atoms with Crippen molar-refractivity contribution in [3.8, 4) is 17.2 Å². The van der Waals surface area contributed by atoms with E-state index in [2.05, 4.69) is 4.90 Å². The molecule has 30 heavy (non-hydrogen) atoms. The fourth-order valence-corrected chi connectivity index (χ4v) is 4.39. The second-order valence-electron chi connectivity index (χ2n) is 7.94. The number of fused-ring (bicyclic) bond motifs is 1. The van der Waals surface area contributed by atoms with Gasteiger partial charge < -0.3 is 29.3 Å². The van der Waals surface area contributed by atoms with Crippen molar-refractivity contribution in [2.24, 2.45) is 0 Å². The number of benzene rings is 2. The van der Waals surface area contributed by atoms with E-state index in [0.717, 1.165) is 56.1 Å².